The van der Waals surface area contributed by atoms with Gasteiger partial charge in [0.05, 0.1) is 0 Å². The Morgan fingerprint density at radius 2 is 1.69 bits per heavy atom. The van der Waals surface area contributed by atoms with Gasteiger partial charge in [0.25, 0.3) is 0 Å². The second-order valence-electron chi connectivity index (χ2n) is 8.74. The molecule has 1 N–H and O–H groups in total. The van der Waals surface area contributed by atoms with Crippen LogP contribution in [0.3, 0.4) is 0 Å². The molecular formula is C24H41N3O2. The first kappa shape index (κ1) is 22.5. The molecule has 2 aliphatic heterocycles. The Bertz CT molecular complexity index is 569. The van der Waals surface area contributed by atoms with E-state index in [1.807, 2.05) is 6.07 Å². The monoisotopic (exact) mass is 403 g/mol. The minimum absolute atomic E-state index is 0.367. The molecule has 3 rings (SSSR count). The molecule has 29 heavy (non-hydrogen) atoms. The summed E-state index contributed by atoms with van der Waals surface area (Å²) in [5.74, 6) is 0.869. The largest absolute Gasteiger partial charge is 0.491 e. The summed E-state index contributed by atoms with van der Waals surface area (Å²) < 4.78 is 5.93. The standard InChI is InChI=1S/C24H41N3O2/c1-2-25(16-17-26-12-7-8-13-26)19-22-10-9-11-24(18-22)29-21-23(28)20-27-14-5-3-4-6-15-27/h9-11,18,23,28H,2-8,12-17,19-21H2,1H3. The number of nitrogens with zero attached hydrogens (tertiary/aromatic N) is 3. The maximum Gasteiger partial charge on any atom is 0.119 e. The third-order valence-corrected chi connectivity index (χ3v) is 6.29. The fraction of sp³-hybridized carbons (Fsp3) is 0.750. The number of rotatable bonds is 11. The lowest BCUT2D eigenvalue weighted by Crippen LogP contribution is -2.36. The van der Waals surface area contributed by atoms with Crippen LogP contribution in [0.1, 0.15) is 51.0 Å². The second kappa shape index (κ2) is 12.5. The maximum absolute atomic E-state index is 10.4. The van der Waals surface area contributed by atoms with E-state index in [2.05, 4.69) is 39.8 Å². The zero-order valence-electron chi connectivity index (χ0n) is 18.4. The third-order valence-electron chi connectivity index (χ3n) is 6.29. The lowest BCUT2D eigenvalue weighted by atomic mass is 10.2. The molecule has 2 aliphatic rings. The highest BCUT2D eigenvalue weighted by atomic mass is 16.5. The van der Waals surface area contributed by atoms with Crippen LogP contribution in [-0.2, 0) is 6.54 Å². The lowest BCUT2D eigenvalue weighted by molar-refractivity contribution is 0.0693. The van der Waals surface area contributed by atoms with Crippen LogP contribution < -0.4 is 4.74 Å². The van der Waals surface area contributed by atoms with Crippen molar-refractivity contribution in [3.05, 3.63) is 29.8 Å². The molecule has 0 saturated carbocycles. The Balaban J connectivity index is 1.41. The van der Waals surface area contributed by atoms with Crippen LogP contribution in [-0.4, -0.2) is 84.9 Å². The van der Waals surface area contributed by atoms with Crippen molar-refractivity contribution in [3.8, 4) is 5.75 Å². The fourth-order valence-corrected chi connectivity index (χ4v) is 4.49. The zero-order chi connectivity index (χ0) is 20.3. The van der Waals surface area contributed by atoms with E-state index in [4.69, 9.17) is 4.74 Å². The van der Waals surface area contributed by atoms with E-state index in [1.54, 1.807) is 0 Å². The van der Waals surface area contributed by atoms with Gasteiger partial charge < -0.3 is 19.6 Å². The normalized spacial score (nSPS) is 20.1. The molecule has 5 heteroatoms. The van der Waals surface area contributed by atoms with Crippen LogP contribution in [0, 0.1) is 0 Å². The highest BCUT2D eigenvalue weighted by Crippen LogP contribution is 2.16. The van der Waals surface area contributed by atoms with Crippen molar-refractivity contribution >= 4 is 0 Å². The number of ether oxygens (including phenoxy) is 1. The number of β-amino-alcohol motifs (C(OH)–C–C–N with tert-alkyl or cyclic N) is 1. The predicted octanol–water partition coefficient (Wildman–Crippen LogP) is 3.22. The molecule has 2 heterocycles. The molecule has 0 amide bonds. The number of benzene rings is 1. The van der Waals surface area contributed by atoms with Gasteiger partial charge in [0.1, 0.15) is 18.5 Å². The second-order valence-corrected chi connectivity index (χ2v) is 8.74. The van der Waals surface area contributed by atoms with Crippen molar-refractivity contribution in [2.75, 3.05) is 59.0 Å². The van der Waals surface area contributed by atoms with E-state index in [0.717, 1.165) is 45.0 Å². The molecule has 0 radical (unpaired) electrons. The van der Waals surface area contributed by atoms with Gasteiger partial charge in [-0.25, -0.2) is 0 Å². The van der Waals surface area contributed by atoms with Crippen LogP contribution >= 0.6 is 0 Å². The van der Waals surface area contributed by atoms with Crippen molar-refractivity contribution < 1.29 is 9.84 Å². The van der Waals surface area contributed by atoms with Gasteiger partial charge in [0.2, 0.25) is 0 Å². The zero-order valence-corrected chi connectivity index (χ0v) is 18.4. The Morgan fingerprint density at radius 3 is 2.41 bits per heavy atom. The molecule has 164 valence electrons. The summed E-state index contributed by atoms with van der Waals surface area (Å²) in [5, 5.41) is 10.4. The minimum Gasteiger partial charge on any atom is -0.491 e. The van der Waals surface area contributed by atoms with Crippen LogP contribution in [0.2, 0.25) is 0 Å². The molecule has 1 unspecified atom stereocenters. The van der Waals surface area contributed by atoms with E-state index in [0.29, 0.717) is 6.61 Å². The van der Waals surface area contributed by atoms with Gasteiger partial charge in [0, 0.05) is 26.2 Å². The van der Waals surface area contributed by atoms with E-state index >= 15 is 0 Å². The highest BCUT2D eigenvalue weighted by Gasteiger charge is 2.15. The van der Waals surface area contributed by atoms with Gasteiger partial charge in [-0.3, -0.25) is 4.90 Å². The van der Waals surface area contributed by atoms with Crippen molar-refractivity contribution in [1.82, 2.24) is 14.7 Å². The van der Waals surface area contributed by atoms with E-state index in [1.165, 1.54) is 63.7 Å². The van der Waals surface area contributed by atoms with Crippen molar-refractivity contribution in [3.63, 3.8) is 0 Å². The first-order valence-electron chi connectivity index (χ1n) is 11.8. The number of likely N-dealkylation sites (N-methyl/N-ethyl adjacent to an activating group) is 1. The van der Waals surface area contributed by atoms with Crippen LogP contribution in [0.5, 0.6) is 5.75 Å². The summed E-state index contributed by atoms with van der Waals surface area (Å²) in [7, 11) is 0. The SMILES string of the molecule is CCN(CCN1CCCC1)Cc1cccc(OCC(O)CN2CCCCCC2)c1. The minimum atomic E-state index is -0.427. The Morgan fingerprint density at radius 1 is 1.00 bits per heavy atom. The summed E-state index contributed by atoms with van der Waals surface area (Å²) in [4.78, 5) is 7.47. The average Bonchev–Trinajstić information content (AvgIpc) is 3.13. The topological polar surface area (TPSA) is 39.2 Å². The summed E-state index contributed by atoms with van der Waals surface area (Å²) in [6.07, 6.45) is 7.43. The number of aliphatic hydroxyl groups is 1. The van der Waals surface area contributed by atoms with Crippen LogP contribution in [0.25, 0.3) is 0 Å². The highest BCUT2D eigenvalue weighted by molar-refractivity contribution is 5.28. The van der Waals surface area contributed by atoms with Gasteiger partial charge in [-0.05, 0) is 76.1 Å². The maximum atomic E-state index is 10.4. The van der Waals surface area contributed by atoms with Crippen molar-refractivity contribution in [2.45, 2.75) is 58.1 Å². The van der Waals surface area contributed by atoms with Crippen molar-refractivity contribution in [2.24, 2.45) is 0 Å². The molecule has 0 bridgehead atoms. The van der Waals surface area contributed by atoms with Gasteiger partial charge >= 0.3 is 0 Å². The number of likely N-dealkylation sites (tertiary alicyclic amines) is 2. The quantitative estimate of drug-likeness (QED) is 0.614. The molecule has 1 atom stereocenters. The summed E-state index contributed by atoms with van der Waals surface area (Å²) in [5.41, 5.74) is 1.28. The predicted molar refractivity (Wildman–Crippen MR) is 119 cm³/mol. The molecule has 1 aromatic carbocycles. The van der Waals surface area contributed by atoms with Crippen molar-refractivity contribution in [1.29, 1.82) is 0 Å². The first-order chi connectivity index (χ1) is 14.2. The Labute approximate surface area is 177 Å². The lowest BCUT2D eigenvalue weighted by Gasteiger charge is -2.24. The number of hydrogen-bond acceptors (Lipinski definition) is 5. The number of hydrogen-bond donors (Lipinski definition) is 1. The van der Waals surface area contributed by atoms with Gasteiger partial charge in [0.15, 0.2) is 0 Å². The van der Waals surface area contributed by atoms with E-state index < -0.39 is 6.10 Å². The summed E-state index contributed by atoms with van der Waals surface area (Å²) in [6, 6.07) is 8.39. The third kappa shape index (κ3) is 8.25. The Kier molecular flexibility index (Phi) is 9.74. The Hall–Kier alpha value is -1.14. The smallest absolute Gasteiger partial charge is 0.119 e. The number of aliphatic hydroxyl groups excluding tert-OH is 1. The molecule has 0 spiro atoms. The van der Waals surface area contributed by atoms with Gasteiger partial charge in [-0.1, -0.05) is 31.9 Å². The average molecular weight is 404 g/mol. The van der Waals surface area contributed by atoms with E-state index in [-0.39, 0.29) is 0 Å². The molecule has 1 aromatic rings. The summed E-state index contributed by atoms with van der Waals surface area (Å²) in [6.45, 7) is 12.4. The molecule has 0 aromatic heterocycles. The fourth-order valence-electron chi connectivity index (χ4n) is 4.49. The van der Waals surface area contributed by atoms with E-state index in [9.17, 15) is 5.11 Å². The molecule has 2 saturated heterocycles. The molecule has 5 nitrogen and oxygen atoms in total. The molecule has 2 fully saturated rings. The first-order valence-corrected chi connectivity index (χ1v) is 11.8. The summed E-state index contributed by atoms with van der Waals surface area (Å²) >= 11 is 0. The molecule has 0 aliphatic carbocycles. The molecular weight excluding hydrogens is 362 g/mol. The van der Waals surface area contributed by atoms with Crippen LogP contribution in [0.4, 0.5) is 0 Å². The van der Waals surface area contributed by atoms with Gasteiger partial charge in [-0.15, -0.1) is 0 Å². The van der Waals surface area contributed by atoms with Crippen LogP contribution in [0.15, 0.2) is 24.3 Å². The van der Waals surface area contributed by atoms with Gasteiger partial charge in [-0.2, -0.15) is 0 Å².